The highest BCUT2D eigenvalue weighted by Crippen LogP contribution is 2.36. The van der Waals surface area contributed by atoms with Crippen LogP contribution < -0.4 is 10.0 Å². The highest BCUT2D eigenvalue weighted by molar-refractivity contribution is 7.09. The van der Waals surface area contributed by atoms with E-state index in [0.717, 1.165) is 17.7 Å². The van der Waals surface area contributed by atoms with Crippen LogP contribution in [0.1, 0.15) is 47.7 Å². The first-order valence-corrected chi connectivity index (χ1v) is 20.8. The van der Waals surface area contributed by atoms with Crippen LogP contribution >= 0.6 is 11.3 Å². The Morgan fingerprint density at radius 1 is 0.597 bits per heavy atom. The van der Waals surface area contributed by atoms with Crippen LogP contribution in [0.25, 0.3) is 45.3 Å². The number of hydrogen-bond acceptors (Lipinski definition) is 14. The predicted octanol–water partition coefficient (Wildman–Crippen LogP) is 8.81. The van der Waals surface area contributed by atoms with Crippen molar-refractivity contribution >= 4 is 23.2 Å². The Balaban J connectivity index is 1.09. The fourth-order valence-corrected chi connectivity index (χ4v) is 7.84. The Bertz CT molecular complexity index is 2530. The monoisotopic (exact) mass is 856 g/mol. The summed E-state index contributed by atoms with van der Waals surface area (Å²) in [5, 5.41) is 5.75. The van der Waals surface area contributed by atoms with Crippen molar-refractivity contribution in [1.29, 1.82) is 0 Å². The Morgan fingerprint density at radius 2 is 1.11 bits per heavy atom. The lowest BCUT2D eigenvalue weighted by molar-refractivity contribution is -0.187. The largest absolute Gasteiger partial charge is 0.467 e. The van der Waals surface area contributed by atoms with Gasteiger partial charge in [0.15, 0.2) is 11.6 Å². The molecule has 15 nitrogen and oxygen atoms in total. The highest BCUT2D eigenvalue weighted by atomic mass is 32.1. The molecule has 8 heterocycles. The number of furan rings is 1. The van der Waals surface area contributed by atoms with Crippen molar-refractivity contribution in [2.45, 2.75) is 38.5 Å². The first-order chi connectivity index (χ1) is 30.5. The molecule has 18 heteroatoms. The molecule has 2 saturated heterocycles. The van der Waals surface area contributed by atoms with Gasteiger partial charge in [0.2, 0.25) is 24.5 Å². The zero-order valence-electron chi connectivity index (χ0n) is 33.0. The van der Waals surface area contributed by atoms with E-state index < -0.39 is 12.6 Å². The van der Waals surface area contributed by atoms with Gasteiger partial charge in [0.1, 0.15) is 23.9 Å². The number of hydrogen-bond donors (Lipinski definition) is 2. The summed E-state index contributed by atoms with van der Waals surface area (Å²) >= 11 is 1.58. The maximum absolute atomic E-state index is 14.1. The average molecular weight is 857 g/mol. The summed E-state index contributed by atoms with van der Waals surface area (Å²) in [4.78, 5) is 37.5. The van der Waals surface area contributed by atoms with E-state index in [-0.39, 0.29) is 18.2 Å². The number of imidazole rings is 2. The summed E-state index contributed by atoms with van der Waals surface area (Å²) < 4.78 is 57.8. The number of halogens is 2. The molecular formula is C44H38F2N10O5S. The van der Waals surface area contributed by atoms with E-state index in [1.165, 1.54) is 24.3 Å². The lowest BCUT2D eigenvalue weighted by atomic mass is 10.1. The van der Waals surface area contributed by atoms with Gasteiger partial charge in [-0.2, -0.15) is 0 Å². The van der Waals surface area contributed by atoms with Crippen LogP contribution in [-0.4, -0.2) is 66.3 Å². The van der Waals surface area contributed by atoms with Gasteiger partial charge in [-0.05, 0) is 97.1 Å². The molecule has 314 valence electrons. The Kier molecular flexibility index (Phi) is 11.3. The fraction of sp³-hybridized carbons (Fsp3) is 0.227. The molecule has 2 aliphatic rings. The zero-order valence-corrected chi connectivity index (χ0v) is 33.8. The van der Waals surface area contributed by atoms with Crippen molar-refractivity contribution in [2.24, 2.45) is 0 Å². The molecule has 0 spiro atoms. The standard InChI is InChI=1S/C44H38F2N10O5S/c45-29-11-7-27(8-12-29)35-37(53-39(51-35)41-58-20-3-21-59-41)33-15-17-47-43(49-33)55(25-31-5-1-19-57-31)56(26-32-6-2-24-62-32)44-48-18-16-34(50-44)38-36(28-9-13-30(46)14-10-28)52-40(54-38)42-60-22-4-23-61-42/h1-2,5-19,24,41-42H,3-4,20-23,25-26H2,(H,51,53)(H,52,54). The number of ether oxygens (including phenoxy) is 4. The van der Waals surface area contributed by atoms with Crippen LogP contribution in [0.4, 0.5) is 20.7 Å². The number of aromatic nitrogens is 8. The highest BCUT2D eigenvalue weighted by Gasteiger charge is 2.29. The molecule has 0 radical (unpaired) electrons. The molecule has 2 aliphatic heterocycles. The molecule has 2 fully saturated rings. The molecule has 0 bridgehead atoms. The van der Waals surface area contributed by atoms with E-state index in [4.69, 9.17) is 53.3 Å². The molecule has 2 N–H and O–H groups in total. The second-order valence-corrected chi connectivity index (χ2v) is 15.3. The van der Waals surface area contributed by atoms with Gasteiger partial charge in [-0.1, -0.05) is 6.07 Å². The summed E-state index contributed by atoms with van der Waals surface area (Å²) in [5.41, 5.74) is 4.54. The minimum absolute atomic E-state index is 0.184. The van der Waals surface area contributed by atoms with Crippen molar-refractivity contribution in [1.82, 2.24) is 39.9 Å². The molecule has 0 amide bonds. The topological polar surface area (TPSA) is 165 Å². The number of nitrogens with one attached hydrogen (secondary N) is 2. The number of nitrogens with zero attached hydrogens (tertiary/aromatic N) is 8. The summed E-state index contributed by atoms with van der Waals surface area (Å²) in [6.07, 6.45) is 5.05. The van der Waals surface area contributed by atoms with Crippen molar-refractivity contribution in [3.8, 4) is 45.3 Å². The van der Waals surface area contributed by atoms with Gasteiger partial charge in [-0.25, -0.2) is 48.7 Å². The van der Waals surface area contributed by atoms with Crippen molar-refractivity contribution in [3.63, 3.8) is 0 Å². The molecule has 2 aromatic carbocycles. The van der Waals surface area contributed by atoms with Crippen LogP contribution in [0.2, 0.25) is 0 Å². The van der Waals surface area contributed by atoms with E-state index in [1.807, 2.05) is 39.7 Å². The molecule has 0 atom stereocenters. The SMILES string of the molecule is Fc1ccc(-c2nc(C3OCCCO3)[nH]c2-c2ccnc(N(Cc3ccco3)N(Cc3cccs3)c3nccc(-c4[nH]c(C5OCCCO5)nc4-c4ccc(F)cc4)n3)n2)cc1. The zero-order chi connectivity index (χ0) is 41.8. The van der Waals surface area contributed by atoms with E-state index in [1.54, 1.807) is 66.4 Å². The minimum atomic E-state index is -0.712. The van der Waals surface area contributed by atoms with Crippen LogP contribution in [0, 0.1) is 11.6 Å². The van der Waals surface area contributed by atoms with E-state index >= 15 is 0 Å². The number of thiophene rings is 1. The van der Waals surface area contributed by atoms with Gasteiger partial charge in [0.05, 0.1) is 73.4 Å². The number of benzene rings is 2. The average Bonchev–Trinajstić information content (AvgIpc) is 4.18. The number of anilines is 2. The second kappa shape index (κ2) is 17.7. The van der Waals surface area contributed by atoms with Crippen molar-refractivity contribution < 1.29 is 32.1 Å². The lowest BCUT2D eigenvalue weighted by Crippen LogP contribution is -2.44. The molecule has 10 rings (SSSR count). The maximum atomic E-state index is 14.1. The quantitative estimate of drug-likeness (QED) is 0.106. The normalized spacial score (nSPS) is 14.9. The van der Waals surface area contributed by atoms with E-state index in [2.05, 4.69) is 9.97 Å². The van der Waals surface area contributed by atoms with Gasteiger partial charge in [-0.15, -0.1) is 11.3 Å². The molecule has 0 unspecified atom stereocenters. The maximum Gasteiger partial charge on any atom is 0.245 e. The second-order valence-electron chi connectivity index (χ2n) is 14.3. The van der Waals surface area contributed by atoms with Crippen LogP contribution in [0.3, 0.4) is 0 Å². The molecular weight excluding hydrogens is 819 g/mol. The summed E-state index contributed by atoms with van der Waals surface area (Å²) in [7, 11) is 0. The van der Waals surface area contributed by atoms with Crippen molar-refractivity contribution in [3.05, 3.63) is 143 Å². The first-order valence-electron chi connectivity index (χ1n) is 20.0. The third-order valence-electron chi connectivity index (χ3n) is 10.1. The van der Waals surface area contributed by atoms with Crippen LogP contribution in [0.15, 0.2) is 113 Å². The lowest BCUT2D eigenvalue weighted by Gasteiger charge is -2.34. The minimum Gasteiger partial charge on any atom is -0.467 e. The predicted molar refractivity (Wildman–Crippen MR) is 224 cm³/mol. The number of rotatable bonds is 13. The van der Waals surface area contributed by atoms with Crippen LogP contribution in [0.5, 0.6) is 0 Å². The van der Waals surface area contributed by atoms with Gasteiger partial charge in [0, 0.05) is 28.4 Å². The third kappa shape index (κ3) is 8.46. The van der Waals surface area contributed by atoms with Gasteiger partial charge < -0.3 is 33.3 Å². The van der Waals surface area contributed by atoms with Gasteiger partial charge in [-0.3, -0.25) is 0 Å². The first kappa shape index (κ1) is 39.4. The summed E-state index contributed by atoms with van der Waals surface area (Å²) in [5.74, 6) is 1.41. The molecule has 62 heavy (non-hydrogen) atoms. The van der Waals surface area contributed by atoms with E-state index in [9.17, 15) is 8.78 Å². The Morgan fingerprint density at radius 3 is 1.58 bits per heavy atom. The summed E-state index contributed by atoms with van der Waals surface area (Å²) in [6, 6.07) is 23.5. The Labute approximate surface area is 357 Å². The summed E-state index contributed by atoms with van der Waals surface area (Å²) in [6.45, 7) is 2.60. The van der Waals surface area contributed by atoms with E-state index in [0.29, 0.717) is 108 Å². The molecule has 0 aliphatic carbocycles. The van der Waals surface area contributed by atoms with Crippen molar-refractivity contribution in [2.75, 3.05) is 36.4 Å². The number of aromatic amines is 2. The molecule has 6 aromatic heterocycles. The van der Waals surface area contributed by atoms with Crippen LogP contribution in [-0.2, 0) is 32.0 Å². The Hall–Kier alpha value is -6.70. The smallest absolute Gasteiger partial charge is 0.245 e. The van der Waals surface area contributed by atoms with Gasteiger partial charge in [0.25, 0.3) is 0 Å². The van der Waals surface area contributed by atoms with Gasteiger partial charge >= 0.3 is 0 Å². The number of H-pyrrole nitrogens is 2. The third-order valence-corrected chi connectivity index (χ3v) is 11.0. The number of hydrazine groups is 1. The molecule has 0 saturated carbocycles. The molecule has 8 aromatic rings. The fourth-order valence-electron chi connectivity index (χ4n) is 7.15.